The highest BCUT2D eigenvalue weighted by Crippen LogP contribution is 2.39. The van der Waals surface area contributed by atoms with Crippen molar-refractivity contribution in [2.24, 2.45) is 0 Å². The van der Waals surface area contributed by atoms with E-state index in [-0.39, 0.29) is 22.3 Å². The predicted molar refractivity (Wildman–Crippen MR) is 106 cm³/mol. The van der Waals surface area contributed by atoms with Crippen molar-refractivity contribution < 1.29 is 8.85 Å². The first kappa shape index (κ1) is 22.5. The molecule has 0 saturated heterocycles. The lowest BCUT2D eigenvalue weighted by Gasteiger charge is -2.40. The number of terminal acetylenes is 2. The highest BCUT2D eigenvalue weighted by atomic mass is 28.4. The van der Waals surface area contributed by atoms with Crippen LogP contribution < -0.4 is 0 Å². The Kier molecular flexibility index (Phi) is 7.40. The normalized spacial score (nSPS) is 16.3. The third kappa shape index (κ3) is 6.47. The third-order valence-corrected chi connectivity index (χ3v) is 14.3. The van der Waals surface area contributed by atoms with Crippen LogP contribution in [0.15, 0.2) is 0 Å². The lowest BCUT2D eigenvalue weighted by molar-refractivity contribution is 0.151. The summed E-state index contributed by atoms with van der Waals surface area (Å²) >= 11 is 0. The SMILES string of the molecule is C#C[C@H](C[C@H](C#C)O[Si](C)(C)C(C)(C)C)O[Si](C)(C)C(C)(C)C. The maximum atomic E-state index is 6.33. The molecular weight excluding hydrogens is 316 g/mol. The van der Waals surface area contributed by atoms with Crippen LogP contribution in [-0.4, -0.2) is 28.8 Å². The molecule has 0 spiro atoms. The molecule has 0 aromatic heterocycles. The number of hydrogen-bond acceptors (Lipinski definition) is 2. The van der Waals surface area contributed by atoms with E-state index in [2.05, 4.69) is 79.6 Å². The van der Waals surface area contributed by atoms with E-state index in [0.717, 1.165) is 0 Å². The molecule has 0 bridgehead atoms. The molecule has 132 valence electrons. The summed E-state index contributed by atoms with van der Waals surface area (Å²) in [7, 11) is -3.84. The highest BCUT2D eigenvalue weighted by molar-refractivity contribution is 6.74. The van der Waals surface area contributed by atoms with Gasteiger partial charge in [-0.05, 0) is 36.3 Å². The van der Waals surface area contributed by atoms with Crippen molar-refractivity contribution in [3.63, 3.8) is 0 Å². The van der Waals surface area contributed by atoms with Gasteiger partial charge in [-0.25, -0.2) is 0 Å². The summed E-state index contributed by atoms with van der Waals surface area (Å²) in [5.41, 5.74) is 0. The molecule has 4 heteroatoms. The molecule has 0 fully saturated rings. The topological polar surface area (TPSA) is 18.5 Å². The predicted octanol–water partition coefficient (Wildman–Crippen LogP) is 5.42. The van der Waals surface area contributed by atoms with Gasteiger partial charge in [0.25, 0.3) is 0 Å². The van der Waals surface area contributed by atoms with Crippen molar-refractivity contribution >= 4 is 16.6 Å². The number of rotatable bonds is 6. The van der Waals surface area contributed by atoms with Crippen molar-refractivity contribution in [3.05, 3.63) is 0 Å². The molecule has 0 heterocycles. The quantitative estimate of drug-likeness (QED) is 0.469. The first-order valence-corrected chi connectivity index (χ1v) is 14.2. The van der Waals surface area contributed by atoms with E-state index in [1.807, 2.05) is 0 Å². The van der Waals surface area contributed by atoms with Gasteiger partial charge in [0.1, 0.15) is 12.2 Å². The van der Waals surface area contributed by atoms with Crippen LogP contribution in [0.3, 0.4) is 0 Å². The van der Waals surface area contributed by atoms with Crippen molar-refractivity contribution in [2.75, 3.05) is 0 Å². The Morgan fingerprint density at radius 3 is 1.17 bits per heavy atom. The van der Waals surface area contributed by atoms with Gasteiger partial charge in [0.05, 0.1) is 0 Å². The Balaban J connectivity index is 5.06. The van der Waals surface area contributed by atoms with Crippen LogP contribution in [0.1, 0.15) is 48.0 Å². The van der Waals surface area contributed by atoms with Crippen LogP contribution in [0.2, 0.25) is 36.3 Å². The molecule has 0 rings (SSSR count). The second-order valence-corrected chi connectivity index (χ2v) is 18.8. The van der Waals surface area contributed by atoms with Gasteiger partial charge in [0, 0.05) is 6.42 Å². The number of hydrogen-bond donors (Lipinski definition) is 0. The Morgan fingerprint density at radius 1 is 0.739 bits per heavy atom. The first-order valence-electron chi connectivity index (χ1n) is 8.35. The molecule has 0 amide bonds. The molecule has 0 aliphatic carbocycles. The van der Waals surface area contributed by atoms with Gasteiger partial charge in [-0.15, -0.1) is 12.8 Å². The fourth-order valence-corrected chi connectivity index (χ4v) is 4.02. The second kappa shape index (κ2) is 7.57. The minimum atomic E-state index is -1.92. The fourth-order valence-electron chi connectivity index (χ4n) is 1.56. The molecule has 0 aliphatic heterocycles. The fraction of sp³-hybridized carbons (Fsp3) is 0.789. The zero-order valence-electron chi connectivity index (χ0n) is 16.8. The van der Waals surface area contributed by atoms with Gasteiger partial charge < -0.3 is 8.85 Å². The molecule has 0 unspecified atom stereocenters. The monoisotopic (exact) mass is 352 g/mol. The first-order chi connectivity index (χ1) is 10.1. The molecule has 2 atom stereocenters. The smallest absolute Gasteiger partial charge is 0.193 e. The van der Waals surface area contributed by atoms with Gasteiger partial charge in [-0.1, -0.05) is 53.4 Å². The van der Waals surface area contributed by atoms with E-state index in [1.165, 1.54) is 0 Å². The Hall–Kier alpha value is -0.526. The van der Waals surface area contributed by atoms with Crippen LogP contribution in [0.25, 0.3) is 0 Å². The van der Waals surface area contributed by atoms with Crippen molar-refractivity contribution in [1.82, 2.24) is 0 Å². The zero-order chi connectivity index (χ0) is 18.7. The Morgan fingerprint density at radius 2 is 1.00 bits per heavy atom. The summed E-state index contributed by atoms with van der Waals surface area (Å²) in [6.07, 6.45) is 11.4. The average molecular weight is 353 g/mol. The van der Waals surface area contributed by atoms with Gasteiger partial charge >= 0.3 is 0 Å². The minimum absolute atomic E-state index is 0.119. The summed E-state index contributed by atoms with van der Waals surface area (Å²) < 4.78 is 12.7. The van der Waals surface area contributed by atoms with Crippen LogP contribution in [0.4, 0.5) is 0 Å². The third-order valence-electron chi connectivity index (χ3n) is 5.29. The average Bonchev–Trinajstić information content (AvgIpc) is 2.33. The van der Waals surface area contributed by atoms with E-state index in [9.17, 15) is 0 Å². The molecule has 0 aliphatic rings. The molecule has 0 aromatic rings. The molecule has 0 N–H and O–H groups in total. The van der Waals surface area contributed by atoms with Gasteiger partial charge in [-0.3, -0.25) is 0 Å². The molecular formula is C19H36O2Si2. The molecule has 0 aromatic carbocycles. The summed E-state index contributed by atoms with van der Waals surface area (Å²) in [6, 6.07) is 0. The van der Waals surface area contributed by atoms with E-state index >= 15 is 0 Å². The van der Waals surface area contributed by atoms with Crippen LogP contribution in [0, 0.1) is 24.7 Å². The summed E-state index contributed by atoms with van der Waals surface area (Å²) in [5.74, 6) is 5.54. The summed E-state index contributed by atoms with van der Waals surface area (Å²) in [4.78, 5) is 0. The maximum absolute atomic E-state index is 6.33. The molecule has 23 heavy (non-hydrogen) atoms. The standard InChI is InChI=1S/C19H36O2Si2/c1-13-16(20-22(9,10)18(3,4)5)15-17(14-2)21-23(11,12)19(6,7)8/h1-2,16-17H,15H2,3-12H3/t16-,17+. The summed E-state index contributed by atoms with van der Waals surface area (Å²) in [5, 5.41) is 0.238. The van der Waals surface area contributed by atoms with E-state index < -0.39 is 16.6 Å². The zero-order valence-corrected chi connectivity index (χ0v) is 18.8. The second-order valence-electron chi connectivity index (χ2n) is 9.30. The maximum Gasteiger partial charge on any atom is 0.193 e. The van der Waals surface area contributed by atoms with Crippen molar-refractivity contribution in [2.45, 2.75) is 96.4 Å². The van der Waals surface area contributed by atoms with E-state index in [1.54, 1.807) is 0 Å². The molecule has 0 saturated carbocycles. The van der Waals surface area contributed by atoms with Crippen molar-refractivity contribution in [1.29, 1.82) is 0 Å². The van der Waals surface area contributed by atoms with Crippen LogP contribution in [-0.2, 0) is 8.85 Å². The minimum Gasteiger partial charge on any atom is -0.403 e. The van der Waals surface area contributed by atoms with E-state index in [4.69, 9.17) is 21.7 Å². The lowest BCUT2D eigenvalue weighted by Crippen LogP contribution is -2.46. The van der Waals surface area contributed by atoms with Gasteiger partial charge in [0.2, 0.25) is 0 Å². The Bertz CT molecular complexity index is 424. The van der Waals surface area contributed by atoms with E-state index in [0.29, 0.717) is 6.42 Å². The van der Waals surface area contributed by atoms with Gasteiger partial charge in [0.15, 0.2) is 16.6 Å². The molecule has 2 nitrogen and oxygen atoms in total. The molecule has 0 radical (unpaired) electrons. The highest BCUT2D eigenvalue weighted by Gasteiger charge is 2.41. The van der Waals surface area contributed by atoms with Crippen LogP contribution >= 0.6 is 0 Å². The Labute approximate surface area is 147 Å². The van der Waals surface area contributed by atoms with Crippen molar-refractivity contribution in [3.8, 4) is 24.7 Å². The largest absolute Gasteiger partial charge is 0.403 e. The van der Waals surface area contributed by atoms with Crippen LogP contribution in [0.5, 0.6) is 0 Å². The summed E-state index contributed by atoms with van der Waals surface area (Å²) in [6.45, 7) is 22.1. The van der Waals surface area contributed by atoms with Gasteiger partial charge in [-0.2, -0.15) is 0 Å². The lowest BCUT2D eigenvalue weighted by atomic mass is 10.2.